The lowest BCUT2D eigenvalue weighted by Crippen LogP contribution is -2.56. The van der Waals surface area contributed by atoms with Gasteiger partial charge in [0, 0.05) is 23.7 Å². The Balaban J connectivity index is 1.15. The van der Waals surface area contributed by atoms with Crippen LogP contribution in [0.15, 0.2) is 42.5 Å². The second kappa shape index (κ2) is 8.97. The molecule has 1 amide bonds. The molecule has 4 fully saturated rings. The van der Waals surface area contributed by atoms with Crippen LogP contribution in [0.4, 0.5) is 0 Å². The van der Waals surface area contributed by atoms with Gasteiger partial charge < -0.3 is 15.0 Å². The summed E-state index contributed by atoms with van der Waals surface area (Å²) in [7, 11) is 4.10. The Bertz CT molecular complexity index is 1140. The number of thiazole rings is 1. The largest absolute Gasteiger partial charge is 0.483 e. The Morgan fingerprint density at radius 1 is 1.06 bits per heavy atom. The van der Waals surface area contributed by atoms with E-state index >= 15 is 0 Å². The van der Waals surface area contributed by atoms with Crippen molar-refractivity contribution in [2.24, 2.45) is 23.7 Å². The summed E-state index contributed by atoms with van der Waals surface area (Å²) in [5.74, 6) is 3.97. The maximum atomic E-state index is 12.9. The molecule has 0 radical (unpaired) electrons. The minimum Gasteiger partial charge on any atom is -0.483 e. The maximum Gasteiger partial charge on any atom is 0.258 e. The van der Waals surface area contributed by atoms with Crippen molar-refractivity contribution in [3.8, 4) is 16.3 Å². The average Bonchev–Trinajstić information content (AvgIpc) is 3.24. The fraction of sp³-hybridized carbons (Fsp3) is 0.500. The van der Waals surface area contributed by atoms with Crippen molar-refractivity contribution >= 4 is 27.5 Å². The van der Waals surface area contributed by atoms with Gasteiger partial charge in [0.15, 0.2) is 6.61 Å². The van der Waals surface area contributed by atoms with Crippen LogP contribution in [0.2, 0.25) is 0 Å². The lowest BCUT2D eigenvalue weighted by molar-refractivity contribution is -0.127. The van der Waals surface area contributed by atoms with E-state index in [0.29, 0.717) is 17.9 Å². The number of amides is 1. The van der Waals surface area contributed by atoms with E-state index in [9.17, 15) is 4.79 Å². The third-order valence-electron chi connectivity index (χ3n) is 8.00. The minimum absolute atomic E-state index is 0.0172. The summed E-state index contributed by atoms with van der Waals surface area (Å²) in [6.07, 6.45) is 6.65. The van der Waals surface area contributed by atoms with Gasteiger partial charge in [-0.25, -0.2) is 4.98 Å². The monoisotopic (exact) mass is 475 g/mol. The van der Waals surface area contributed by atoms with E-state index in [1.807, 2.05) is 32.3 Å². The lowest BCUT2D eigenvalue weighted by atomic mass is 9.54. The molecule has 4 aliphatic rings. The molecule has 2 aromatic carbocycles. The van der Waals surface area contributed by atoms with E-state index in [4.69, 9.17) is 9.72 Å². The van der Waals surface area contributed by atoms with Gasteiger partial charge in [0.05, 0.1) is 10.2 Å². The molecule has 1 aromatic heterocycles. The first-order valence-corrected chi connectivity index (χ1v) is 13.4. The number of nitrogens with one attached hydrogen (secondary N) is 1. The highest BCUT2D eigenvalue weighted by Gasteiger charge is 2.48. The zero-order valence-corrected chi connectivity index (χ0v) is 20.8. The Kier molecular flexibility index (Phi) is 5.82. The number of ether oxygens (including phenoxy) is 1. The van der Waals surface area contributed by atoms with Gasteiger partial charge in [-0.3, -0.25) is 4.79 Å². The Morgan fingerprint density at radius 3 is 2.50 bits per heavy atom. The van der Waals surface area contributed by atoms with Gasteiger partial charge in [0.25, 0.3) is 5.91 Å². The number of fused-ring (bicyclic) bond motifs is 1. The first kappa shape index (κ1) is 22.1. The van der Waals surface area contributed by atoms with Gasteiger partial charge in [-0.15, -0.1) is 11.3 Å². The van der Waals surface area contributed by atoms with Gasteiger partial charge in [-0.2, -0.15) is 0 Å². The molecule has 0 saturated heterocycles. The Labute approximate surface area is 205 Å². The van der Waals surface area contributed by atoms with Crippen molar-refractivity contribution in [1.29, 1.82) is 0 Å². The average molecular weight is 476 g/mol. The smallest absolute Gasteiger partial charge is 0.258 e. The molecule has 34 heavy (non-hydrogen) atoms. The van der Waals surface area contributed by atoms with Gasteiger partial charge in [0.1, 0.15) is 10.8 Å². The molecule has 0 aliphatic heterocycles. The first-order chi connectivity index (χ1) is 16.5. The van der Waals surface area contributed by atoms with Gasteiger partial charge in [-0.1, -0.05) is 12.1 Å². The van der Waals surface area contributed by atoms with E-state index < -0.39 is 0 Å². The normalized spacial score (nSPS) is 27.4. The number of carbonyl (C=O) groups excluding carboxylic acids is 1. The SMILES string of the molecule is CN(C)Cc1cc(-c2nc3ccccc3s2)ccc1OCC(=O)NC1C2CC3CC(C2)CC1C3. The molecule has 0 unspecified atom stereocenters. The number of benzene rings is 2. The molecule has 4 bridgehead atoms. The van der Waals surface area contributed by atoms with Crippen LogP contribution in [0, 0.1) is 23.7 Å². The van der Waals surface area contributed by atoms with E-state index in [2.05, 4.69) is 34.5 Å². The van der Waals surface area contributed by atoms with Crippen LogP contribution in [0.25, 0.3) is 20.8 Å². The van der Waals surface area contributed by atoms with Crippen molar-refractivity contribution in [2.45, 2.75) is 44.7 Å². The van der Waals surface area contributed by atoms with Gasteiger partial charge in [0.2, 0.25) is 0 Å². The van der Waals surface area contributed by atoms with Crippen LogP contribution in [0.5, 0.6) is 5.75 Å². The highest BCUT2D eigenvalue weighted by molar-refractivity contribution is 7.21. The highest BCUT2D eigenvalue weighted by atomic mass is 32.1. The predicted octanol–water partition coefficient (Wildman–Crippen LogP) is 5.34. The summed E-state index contributed by atoms with van der Waals surface area (Å²) in [6.45, 7) is 0.814. The van der Waals surface area contributed by atoms with E-state index in [0.717, 1.165) is 45.8 Å². The summed E-state index contributed by atoms with van der Waals surface area (Å²) in [4.78, 5) is 19.8. The fourth-order valence-electron chi connectivity index (χ4n) is 6.84. The van der Waals surface area contributed by atoms with Gasteiger partial charge in [-0.05, 0) is 100 Å². The summed E-state index contributed by atoms with van der Waals surface area (Å²) in [5.41, 5.74) is 3.19. The molecule has 1 N–H and O–H groups in total. The topological polar surface area (TPSA) is 54.5 Å². The number of para-hydroxylation sites is 1. The maximum absolute atomic E-state index is 12.9. The molecule has 4 saturated carbocycles. The molecule has 178 valence electrons. The van der Waals surface area contributed by atoms with E-state index in [1.54, 1.807) is 11.3 Å². The Hall–Kier alpha value is -2.44. The number of hydrogen-bond acceptors (Lipinski definition) is 5. The molecule has 0 atom stereocenters. The highest BCUT2D eigenvalue weighted by Crippen LogP contribution is 2.53. The summed E-state index contributed by atoms with van der Waals surface area (Å²) in [5, 5.41) is 4.37. The molecule has 1 heterocycles. The minimum atomic E-state index is 0.0172. The standard InChI is InChI=1S/C28H33N3O2S/c1-31(2)15-22-14-19(28-29-23-5-3-4-6-25(23)34-28)7-8-24(22)33-16-26(32)30-27-20-10-17-9-18(12-20)13-21(27)11-17/h3-8,14,17-18,20-21,27H,9-13,15-16H2,1-2H3,(H,30,32). The van der Waals surface area contributed by atoms with Crippen molar-refractivity contribution in [2.75, 3.05) is 20.7 Å². The second-order valence-electron chi connectivity index (χ2n) is 10.9. The van der Waals surface area contributed by atoms with Crippen LogP contribution >= 0.6 is 11.3 Å². The first-order valence-electron chi connectivity index (χ1n) is 12.6. The van der Waals surface area contributed by atoms with Crippen molar-refractivity contribution in [3.63, 3.8) is 0 Å². The molecule has 7 rings (SSSR count). The van der Waals surface area contributed by atoms with Crippen LogP contribution in [0.1, 0.15) is 37.7 Å². The Morgan fingerprint density at radius 2 is 1.79 bits per heavy atom. The van der Waals surface area contributed by atoms with Crippen LogP contribution in [0.3, 0.4) is 0 Å². The van der Waals surface area contributed by atoms with E-state index in [1.165, 1.54) is 36.8 Å². The molecule has 5 nitrogen and oxygen atoms in total. The number of carbonyl (C=O) groups is 1. The van der Waals surface area contributed by atoms with E-state index in [-0.39, 0.29) is 12.5 Å². The number of nitrogens with zero attached hydrogens (tertiary/aromatic N) is 2. The molecular weight excluding hydrogens is 442 g/mol. The molecule has 4 aliphatic carbocycles. The third-order valence-corrected chi connectivity index (χ3v) is 9.09. The van der Waals surface area contributed by atoms with Crippen LogP contribution in [-0.2, 0) is 11.3 Å². The number of aromatic nitrogens is 1. The zero-order chi connectivity index (χ0) is 23.2. The molecular formula is C28H33N3O2S. The summed E-state index contributed by atoms with van der Waals surface area (Å²) in [6, 6.07) is 14.8. The van der Waals surface area contributed by atoms with Crippen molar-refractivity contribution in [1.82, 2.24) is 15.2 Å². The van der Waals surface area contributed by atoms with Gasteiger partial charge >= 0.3 is 0 Å². The number of hydrogen-bond donors (Lipinski definition) is 1. The van der Waals surface area contributed by atoms with Crippen LogP contribution < -0.4 is 10.1 Å². The number of rotatable bonds is 7. The second-order valence-corrected chi connectivity index (χ2v) is 11.9. The third kappa shape index (κ3) is 4.34. The lowest BCUT2D eigenvalue weighted by Gasteiger charge is -2.54. The molecule has 6 heteroatoms. The molecule has 3 aromatic rings. The summed E-state index contributed by atoms with van der Waals surface area (Å²) >= 11 is 1.70. The zero-order valence-electron chi connectivity index (χ0n) is 20.0. The fourth-order valence-corrected chi connectivity index (χ4v) is 7.81. The molecule has 0 spiro atoms. The van der Waals surface area contributed by atoms with Crippen LogP contribution in [-0.4, -0.2) is 42.5 Å². The summed E-state index contributed by atoms with van der Waals surface area (Å²) < 4.78 is 7.28. The quantitative estimate of drug-likeness (QED) is 0.501. The predicted molar refractivity (Wildman–Crippen MR) is 137 cm³/mol. The van der Waals surface area contributed by atoms with Crippen molar-refractivity contribution < 1.29 is 9.53 Å². The van der Waals surface area contributed by atoms with Crippen molar-refractivity contribution in [3.05, 3.63) is 48.0 Å².